The van der Waals surface area contributed by atoms with E-state index in [2.05, 4.69) is 221 Å². The molecule has 57 heavy (non-hydrogen) atoms. The van der Waals surface area contributed by atoms with Gasteiger partial charge in [0.1, 0.15) is 0 Å². The van der Waals surface area contributed by atoms with Crippen LogP contribution in [-0.4, -0.2) is 0 Å². The average Bonchev–Trinajstić information content (AvgIpc) is 3.64. The van der Waals surface area contributed by atoms with Crippen LogP contribution in [0.25, 0.3) is 66.1 Å². The van der Waals surface area contributed by atoms with Gasteiger partial charge in [-0.2, -0.15) is 0 Å². The molecule has 0 atom stereocenters. The number of rotatable bonds is 5. The molecule has 0 aromatic heterocycles. The lowest BCUT2D eigenvalue weighted by atomic mass is 9.79. The Morgan fingerprint density at radius 3 is 1.54 bits per heavy atom. The third kappa shape index (κ3) is 4.95. The van der Waals surface area contributed by atoms with Gasteiger partial charge in [0.05, 0.1) is 5.69 Å². The first-order chi connectivity index (χ1) is 27.8. The van der Waals surface area contributed by atoms with Crippen LogP contribution in [0.5, 0.6) is 0 Å². The van der Waals surface area contributed by atoms with E-state index < -0.39 is 0 Å². The summed E-state index contributed by atoms with van der Waals surface area (Å²) in [7, 11) is 0. The van der Waals surface area contributed by atoms with Crippen molar-refractivity contribution in [1.29, 1.82) is 0 Å². The maximum absolute atomic E-state index is 2.50. The van der Waals surface area contributed by atoms with E-state index in [9.17, 15) is 0 Å². The molecule has 9 aromatic carbocycles. The van der Waals surface area contributed by atoms with Gasteiger partial charge in [-0.25, -0.2) is 0 Å². The van der Waals surface area contributed by atoms with Crippen molar-refractivity contribution < 1.29 is 0 Å². The Kier molecular flexibility index (Phi) is 7.32. The molecule has 0 unspecified atom stereocenters. The summed E-state index contributed by atoms with van der Waals surface area (Å²) < 4.78 is 0. The maximum atomic E-state index is 2.50. The summed E-state index contributed by atoms with van der Waals surface area (Å²) in [6, 6.07) is 69.9. The number of hydrogen-bond acceptors (Lipinski definition) is 1. The third-order valence-electron chi connectivity index (χ3n) is 13.0. The molecule has 0 bridgehead atoms. The summed E-state index contributed by atoms with van der Waals surface area (Å²) in [6.07, 6.45) is 0. The van der Waals surface area contributed by atoms with Crippen LogP contribution < -0.4 is 4.90 Å². The summed E-state index contributed by atoms with van der Waals surface area (Å²) in [5.41, 5.74) is 19.1. The average molecular weight is 730 g/mol. The van der Waals surface area contributed by atoms with Crippen LogP contribution in [0.15, 0.2) is 188 Å². The van der Waals surface area contributed by atoms with E-state index in [1.807, 2.05) is 0 Å². The number of nitrogens with zero attached hydrogens (tertiary/aromatic N) is 1. The Hall–Kier alpha value is -6.70. The minimum Gasteiger partial charge on any atom is -0.310 e. The quantitative estimate of drug-likeness (QED) is 0.170. The summed E-state index contributed by atoms with van der Waals surface area (Å²) in [6.45, 7) is 9.53. The van der Waals surface area contributed by atoms with Crippen LogP contribution in [0.1, 0.15) is 49.9 Å². The molecule has 272 valence electrons. The third-order valence-corrected chi connectivity index (χ3v) is 13.0. The first-order valence-corrected chi connectivity index (χ1v) is 20.2. The highest BCUT2D eigenvalue weighted by atomic mass is 15.1. The fourth-order valence-corrected chi connectivity index (χ4v) is 10.4. The highest BCUT2D eigenvalue weighted by molar-refractivity contribution is 6.06. The van der Waals surface area contributed by atoms with Crippen molar-refractivity contribution in [3.05, 3.63) is 210 Å². The predicted octanol–water partition coefficient (Wildman–Crippen LogP) is 15.4. The van der Waals surface area contributed by atoms with Crippen LogP contribution >= 0.6 is 0 Å². The predicted molar refractivity (Wildman–Crippen MR) is 242 cm³/mol. The second-order valence-electron chi connectivity index (χ2n) is 16.9. The standard InChI is InChI=1S/C56H43N/c1-55(2)49-25-11-9-20-46(49)47-24-14-23-44(53(47)55)38-29-33-41(34-30-38)57(40-31-27-37(28-32-40)43-22-13-17-36-15-5-7-18-42(36)43)51-35-39-16-6-8-19-45(39)54-52(51)48-21-10-12-26-50(48)56(54,3)4/h5-35H,1-4H3. The monoisotopic (exact) mass is 729 g/mol. The van der Waals surface area contributed by atoms with Gasteiger partial charge >= 0.3 is 0 Å². The topological polar surface area (TPSA) is 3.24 Å². The molecule has 0 N–H and O–H groups in total. The van der Waals surface area contributed by atoms with Gasteiger partial charge in [-0.15, -0.1) is 0 Å². The molecule has 1 heteroatoms. The van der Waals surface area contributed by atoms with E-state index in [1.165, 1.54) is 94.0 Å². The molecule has 0 radical (unpaired) electrons. The highest BCUT2D eigenvalue weighted by Crippen LogP contribution is 2.57. The van der Waals surface area contributed by atoms with Gasteiger partial charge in [0.2, 0.25) is 0 Å². The highest BCUT2D eigenvalue weighted by Gasteiger charge is 2.40. The van der Waals surface area contributed by atoms with E-state index in [1.54, 1.807) is 0 Å². The molecule has 0 aliphatic heterocycles. The molecule has 0 saturated heterocycles. The summed E-state index contributed by atoms with van der Waals surface area (Å²) >= 11 is 0. The smallest absolute Gasteiger partial charge is 0.0549 e. The second-order valence-corrected chi connectivity index (χ2v) is 16.9. The zero-order valence-electron chi connectivity index (χ0n) is 32.8. The zero-order valence-corrected chi connectivity index (χ0v) is 32.8. The molecule has 2 aliphatic carbocycles. The Bertz CT molecular complexity index is 3050. The number of anilines is 3. The lowest BCUT2D eigenvalue weighted by Crippen LogP contribution is -2.17. The minimum absolute atomic E-state index is 0.0924. The largest absolute Gasteiger partial charge is 0.310 e. The fourth-order valence-electron chi connectivity index (χ4n) is 10.4. The van der Waals surface area contributed by atoms with E-state index >= 15 is 0 Å². The van der Waals surface area contributed by atoms with Gasteiger partial charge in [0.15, 0.2) is 0 Å². The Labute approximate surface area is 335 Å². The van der Waals surface area contributed by atoms with Gasteiger partial charge in [0, 0.05) is 27.8 Å². The Balaban J connectivity index is 1.11. The summed E-state index contributed by atoms with van der Waals surface area (Å²) in [5, 5.41) is 5.10. The van der Waals surface area contributed by atoms with Crippen LogP contribution in [0, 0.1) is 0 Å². The molecule has 0 fully saturated rings. The zero-order chi connectivity index (χ0) is 38.5. The van der Waals surface area contributed by atoms with Gasteiger partial charge in [-0.1, -0.05) is 185 Å². The van der Waals surface area contributed by atoms with Crippen LogP contribution in [0.2, 0.25) is 0 Å². The van der Waals surface area contributed by atoms with Gasteiger partial charge in [-0.3, -0.25) is 0 Å². The molecule has 11 rings (SSSR count). The van der Waals surface area contributed by atoms with Crippen LogP contribution in [-0.2, 0) is 10.8 Å². The number of fused-ring (bicyclic) bond motifs is 9. The second kappa shape index (κ2) is 12.4. The number of benzene rings is 9. The molecule has 0 spiro atoms. The van der Waals surface area contributed by atoms with Crippen molar-refractivity contribution in [2.75, 3.05) is 4.90 Å². The van der Waals surface area contributed by atoms with E-state index in [4.69, 9.17) is 0 Å². The SMILES string of the molecule is CC1(C)c2ccccc2-c2cccc(-c3ccc(N(c4ccc(-c5cccc6ccccc56)cc4)c4cc5ccccc5c5c4-c4ccccc4C5(C)C)cc3)c21. The summed E-state index contributed by atoms with van der Waals surface area (Å²) in [5.74, 6) is 0. The molecule has 1 nitrogen and oxygen atoms in total. The molecule has 2 aliphatic rings. The number of hydrogen-bond donors (Lipinski definition) is 0. The Morgan fingerprint density at radius 2 is 0.825 bits per heavy atom. The van der Waals surface area contributed by atoms with E-state index in [0.29, 0.717) is 0 Å². The van der Waals surface area contributed by atoms with Crippen molar-refractivity contribution in [3.63, 3.8) is 0 Å². The van der Waals surface area contributed by atoms with Crippen LogP contribution in [0.4, 0.5) is 17.1 Å². The van der Waals surface area contributed by atoms with E-state index in [-0.39, 0.29) is 10.8 Å². The lowest BCUT2D eigenvalue weighted by molar-refractivity contribution is 0.662. The van der Waals surface area contributed by atoms with E-state index in [0.717, 1.165) is 11.4 Å². The normalized spacial score (nSPS) is 14.2. The van der Waals surface area contributed by atoms with Crippen molar-refractivity contribution in [3.8, 4) is 44.5 Å². The first-order valence-electron chi connectivity index (χ1n) is 20.2. The molecular weight excluding hydrogens is 687 g/mol. The van der Waals surface area contributed by atoms with Crippen molar-refractivity contribution in [2.45, 2.75) is 38.5 Å². The Morgan fingerprint density at radius 1 is 0.351 bits per heavy atom. The van der Waals surface area contributed by atoms with Gasteiger partial charge in [0.25, 0.3) is 0 Å². The molecular formula is C56H43N. The van der Waals surface area contributed by atoms with Crippen molar-refractivity contribution in [2.24, 2.45) is 0 Å². The molecule has 0 heterocycles. The molecule has 0 amide bonds. The first kappa shape index (κ1) is 33.6. The lowest BCUT2D eigenvalue weighted by Gasteiger charge is -2.30. The summed E-state index contributed by atoms with van der Waals surface area (Å²) in [4.78, 5) is 2.50. The van der Waals surface area contributed by atoms with Gasteiger partial charge in [-0.05, 0) is 113 Å². The maximum Gasteiger partial charge on any atom is 0.0549 e. The van der Waals surface area contributed by atoms with Crippen LogP contribution in [0.3, 0.4) is 0 Å². The molecule has 9 aromatic rings. The van der Waals surface area contributed by atoms with Crippen molar-refractivity contribution >= 4 is 38.6 Å². The van der Waals surface area contributed by atoms with Gasteiger partial charge < -0.3 is 4.90 Å². The van der Waals surface area contributed by atoms with Crippen molar-refractivity contribution in [1.82, 2.24) is 0 Å². The molecule has 0 saturated carbocycles. The fraction of sp³-hybridized carbons (Fsp3) is 0.107. The minimum atomic E-state index is -0.159.